The van der Waals surface area contributed by atoms with Crippen molar-refractivity contribution in [2.24, 2.45) is 17.8 Å². The molecule has 0 bridgehead atoms. The average Bonchev–Trinajstić information content (AvgIpc) is 3.37. The Bertz CT molecular complexity index is 1260. The molecule has 2 aromatic rings. The molecule has 0 N–H and O–H groups in total. The number of amides is 3. The summed E-state index contributed by atoms with van der Waals surface area (Å²) >= 11 is 7.22. The van der Waals surface area contributed by atoms with Crippen molar-refractivity contribution in [1.82, 2.24) is 0 Å². The van der Waals surface area contributed by atoms with Gasteiger partial charge in [-0.15, -0.1) is 0 Å². The maximum atomic E-state index is 13.2. The second kappa shape index (κ2) is 10.2. The molecule has 8 nitrogen and oxygen atoms in total. The first-order valence-corrected chi connectivity index (χ1v) is 13.9. The topological polar surface area (TPSA) is 93.2 Å². The van der Waals surface area contributed by atoms with Crippen molar-refractivity contribution >= 4 is 66.9 Å². The number of ether oxygens (including phenoxy) is 2. The lowest BCUT2D eigenvalue weighted by molar-refractivity contribution is -0.139. The van der Waals surface area contributed by atoms with Gasteiger partial charge in [0, 0.05) is 22.6 Å². The predicted octanol–water partition coefficient (Wildman–Crippen LogP) is 4.39. The zero-order chi connectivity index (χ0) is 26.4. The minimum absolute atomic E-state index is 0.0383. The molecule has 194 valence electrons. The second-order valence-electron chi connectivity index (χ2n) is 9.67. The minimum Gasteiger partial charge on any atom is -0.495 e. The molecular weight excluding hydrogens is 608 g/mol. The summed E-state index contributed by atoms with van der Waals surface area (Å²) in [7, 11) is 1.53. The highest BCUT2D eigenvalue weighted by atomic mass is 79.9. The number of imide groups is 1. The third kappa shape index (κ3) is 4.69. The highest BCUT2D eigenvalue weighted by Crippen LogP contribution is 2.45. The minimum atomic E-state index is -0.628. The van der Waals surface area contributed by atoms with Crippen molar-refractivity contribution in [3.05, 3.63) is 48.0 Å². The van der Waals surface area contributed by atoms with E-state index in [1.807, 2.05) is 12.1 Å². The summed E-state index contributed by atoms with van der Waals surface area (Å²) in [5.74, 6) is -1.52. The van der Waals surface area contributed by atoms with E-state index >= 15 is 0 Å². The van der Waals surface area contributed by atoms with Gasteiger partial charge in [0.15, 0.2) is 0 Å². The van der Waals surface area contributed by atoms with Crippen LogP contribution in [0.2, 0.25) is 0 Å². The van der Waals surface area contributed by atoms with Crippen LogP contribution in [0.3, 0.4) is 0 Å². The number of rotatable bonds is 5. The predicted molar refractivity (Wildman–Crippen MR) is 144 cm³/mol. The Balaban J connectivity index is 1.29. The van der Waals surface area contributed by atoms with Crippen LogP contribution in [-0.2, 0) is 19.2 Å². The van der Waals surface area contributed by atoms with E-state index in [4.69, 9.17) is 9.47 Å². The Kier molecular flexibility index (Phi) is 7.15. The molecule has 3 amide bonds. The molecule has 0 aromatic heterocycles. The maximum absolute atomic E-state index is 13.2. The van der Waals surface area contributed by atoms with E-state index in [1.54, 1.807) is 37.3 Å². The number of fused-ring (bicyclic) bond motifs is 1. The summed E-state index contributed by atoms with van der Waals surface area (Å²) in [6.07, 6.45) is 1.24. The fraction of sp³-hybridized carbons (Fsp3) is 0.407. The fourth-order valence-electron chi connectivity index (χ4n) is 5.43. The Morgan fingerprint density at radius 1 is 0.946 bits per heavy atom. The third-order valence-corrected chi connectivity index (χ3v) is 10.1. The van der Waals surface area contributed by atoms with Gasteiger partial charge in [-0.05, 0) is 55.7 Å². The standard InChI is InChI=1S/C27H26Br2N2O6/c1-14-9-16(7-8-21(14)31-25(33)17-11-19(28)20(29)12-18(17)26(31)34)37-27(35)15-10-24(32)30(13-15)22-5-3-4-6-23(22)36-2/h3-9,15,17-20H,10-13H2,1-2H3/t15-,17-,18-,19+,20+/m1/s1. The Morgan fingerprint density at radius 3 is 2.22 bits per heavy atom. The van der Waals surface area contributed by atoms with Crippen molar-refractivity contribution in [3.8, 4) is 11.5 Å². The van der Waals surface area contributed by atoms with Gasteiger partial charge in [0.25, 0.3) is 0 Å². The molecule has 2 aliphatic heterocycles. The molecule has 0 spiro atoms. The zero-order valence-electron chi connectivity index (χ0n) is 20.4. The smallest absolute Gasteiger partial charge is 0.316 e. The Morgan fingerprint density at radius 2 is 1.59 bits per heavy atom. The number of anilines is 2. The fourth-order valence-corrected chi connectivity index (χ4v) is 6.66. The molecular formula is C27H26Br2N2O6. The first-order valence-electron chi connectivity index (χ1n) is 12.1. The number of carbonyl (C=O) groups is 4. The molecule has 2 aromatic carbocycles. The average molecular weight is 634 g/mol. The van der Waals surface area contributed by atoms with Crippen molar-refractivity contribution < 1.29 is 28.7 Å². The number of halogens is 2. The molecule has 0 unspecified atom stereocenters. The number of methoxy groups -OCH3 is 1. The van der Waals surface area contributed by atoms with Gasteiger partial charge in [0.05, 0.1) is 36.2 Å². The SMILES string of the molecule is COc1ccccc1N1C[C@H](C(=O)Oc2ccc(N3C(=O)[C@@H]4C[C@H](Br)[C@@H](Br)C[C@H]4C3=O)c(C)c2)CC1=O. The van der Waals surface area contributed by atoms with Gasteiger partial charge in [-0.25, -0.2) is 4.90 Å². The van der Waals surface area contributed by atoms with E-state index in [1.165, 1.54) is 16.9 Å². The van der Waals surface area contributed by atoms with Crippen molar-refractivity contribution in [2.45, 2.75) is 35.8 Å². The van der Waals surface area contributed by atoms with Crippen LogP contribution >= 0.6 is 31.9 Å². The van der Waals surface area contributed by atoms with Crippen molar-refractivity contribution in [3.63, 3.8) is 0 Å². The van der Waals surface area contributed by atoms with Crippen molar-refractivity contribution in [2.75, 3.05) is 23.5 Å². The first-order chi connectivity index (χ1) is 17.7. The molecule has 10 heteroatoms. The van der Waals surface area contributed by atoms with Crippen LogP contribution in [0.1, 0.15) is 24.8 Å². The molecule has 37 heavy (non-hydrogen) atoms. The van der Waals surface area contributed by atoms with E-state index in [2.05, 4.69) is 31.9 Å². The van der Waals surface area contributed by atoms with E-state index in [0.29, 0.717) is 41.3 Å². The molecule has 3 fully saturated rings. The number of aryl methyl sites for hydroxylation is 1. The lowest BCUT2D eigenvalue weighted by Crippen LogP contribution is -2.34. The van der Waals surface area contributed by atoms with Crippen LogP contribution in [0.25, 0.3) is 0 Å². The van der Waals surface area contributed by atoms with Crippen LogP contribution in [-0.4, -0.2) is 47.0 Å². The number of benzene rings is 2. The number of esters is 1. The van der Waals surface area contributed by atoms with Gasteiger partial charge in [-0.3, -0.25) is 19.2 Å². The largest absolute Gasteiger partial charge is 0.495 e. The molecule has 5 atom stereocenters. The van der Waals surface area contributed by atoms with Crippen LogP contribution in [0.5, 0.6) is 11.5 Å². The summed E-state index contributed by atoms with van der Waals surface area (Å²) < 4.78 is 11.0. The second-order valence-corrected chi connectivity index (χ2v) is 12.0. The molecule has 2 heterocycles. The van der Waals surface area contributed by atoms with Gasteiger partial charge >= 0.3 is 5.97 Å². The van der Waals surface area contributed by atoms with Gasteiger partial charge < -0.3 is 14.4 Å². The quantitative estimate of drug-likeness (QED) is 0.210. The molecule has 3 aliphatic rings. The summed E-state index contributed by atoms with van der Waals surface area (Å²) in [4.78, 5) is 55.0. The Hall–Kier alpha value is -2.72. The summed E-state index contributed by atoms with van der Waals surface area (Å²) in [6.45, 7) is 1.97. The summed E-state index contributed by atoms with van der Waals surface area (Å²) in [5.41, 5.74) is 1.76. The van der Waals surface area contributed by atoms with E-state index in [9.17, 15) is 19.2 Å². The number of alkyl halides is 2. The number of carbonyl (C=O) groups excluding carboxylic acids is 4. The first kappa shape index (κ1) is 25.9. The van der Waals surface area contributed by atoms with E-state index in [-0.39, 0.29) is 52.2 Å². The van der Waals surface area contributed by atoms with Crippen LogP contribution in [0.4, 0.5) is 11.4 Å². The Labute approximate surface area is 231 Å². The lowest BCUT2D eigenvalue weighted by Gasteiger charge is -2.29. The number of hydrogen-bond acceptors (Lipinski definition) is 6. The molecule has 1 aliphatic carbocycles. The van der Waals surface area contributed by atoms with Gasteiger partial charge in [-0.2, -0.15) is 0 Å². The maximum Gasteiger partial charge on any atom is 0.316 e. The summed E-state index contributed by atoms with van der Waals surface area (Å²) in [6, 6.07) is 12.0. The molecule has 0 radical (unpaired) electrons. The van der Waals surface area contributed by atoms with E-state index < -0.39 is 11.9 Å². The highest BCUT2D eigenvalue weighted by Gasteiger charge is 2.52. The number of nitrogens with zero attached hydrogens (tertiary/aromatic N) is 2. The van der Waals surface area contributed by atoms with Crippen LogP contribution < -0.4 is 19.3 Å². The van der Waals surface area contributed by atoms with Crippen molar-refractivity contribution in [1.29, 1.82) is 0 Å². The monoisotopic (exact) mass is 632 g/mol. The molecule has 5 rings (SSSR count). The van der Waals surface area contributed by atoms with Gasteiger partial charge in [0.1, 0.15) is 11.5 Å². The zero-order valence-corrected chi connectivity index (χ0v) is 23.5. The molecule has 2 saturated heterocycles. The highest BCUT2D eigenvalue weighted by molar-refractivity contribution is 9.12. The van der Waals surface area contributed by atoms with Crippen LogP contribution in [0, 0.1) is 24.7 Å². The number of hydrogen-bond donors (Lipinski definition) is 0. The summed E-state index contributed by atoms with van der Waals surface area (Å²) in [5, 5.41) is 0. The third-order valence-electron chi connectivity index (χ3n) is 7.37. The van der Waals surface area contributed by atoms with Gasteiger partial charge in [-0.1, -0.05) is 44.0 Å². The van der Waals surface area contributed by atoms with Gasteiger partial charge in [0.2, 0.25) is 17.7 Å². The normalized spacial score (nSPS) is 27.5. The number of para-hydroxylation sites is 2. The van der Waals surface area contributed by atoms with E-state index in [0.717, 1.165) is 0 Å². The van der Waals surface area contributed by atoms with Crippen LogP contribution in [0.15, 0.2) is 42.5 Å². The lowest BCUT2D eigenvalue weighted by atomic mass is 9.81. The molecule has 1 saturated carbocycles.